The number of carbonyl (C=O) groups is 1. The number of esters is 1. The molecule has 1 aliphatic carbocycles. The number of aryl methyl sites for hydroxylation is 2. The first-order valence-electron chi connectivity index (χ1n) is 9.48. The minimum Gasteiger partial charge on any atom is -0.493 e. The summed E-state index contributed by atoms with van der Waals surface area (Å²) in [6, 6.07) is 5.09. The van der Waals surface area contributed by atoms with Crippen LogP contribution >= 0.6 is 0 Å². The van der Waals surface area contributed by atoms with Gasteiger partial charge in [-0.05, 0) is 50.8 Å². The molecule has 0 unspecified atom stereocenters. The molecule has 0 radical (unpaired) electrons. The van der Waals surface area contributed by atoms with Gasteiger partial charge in [0.2, 0.25) is 0 Å². The quantitative estimate of drug-likeness (QED) is 0.660. The number of hydrogen-bond donors (Lipinski definition) is 0. The topological polar surface area (TPSA) is 70.8 Å². The van der Waals surface area contributed by atoms with E-state index in [0.717, 1.165) is 29.9 Å². The van der Waals surface area contributed by atoms with Crippen LogP contribution in [0.15, 0.2) is 22.7 Å². The number of rotatable bonds is 7. The molecule has 1 aromatic heterocycles. The van der Waals surface area contributed by atoms with Gasteiger partial charge >= 0.3 is 5.97 Å². The standard InChI is InChI=1S/C21H27NO5/c1-14-18(15(2)27-22-14)13-25-19-10-9-17(11-20(19)24-3)21(23)26-12-16-7-5-4-6-8-16/h9-11,16H,4-8,12-13H2,1-3H3. The molecule has 1 aromatic carbocycles. The van der Waals surface area contributed by atoms with Gasteiger partial charge < -0.3 is 18.7 Å². The maximum Gasteiger partial charge on any atom is 0.338 e. The summed E-state index contributed by atoms with van der Waals surface area (Å²) in [4.78, 5) is 12.4. The second-order valence-electron chi connectivity index (χ2n) is 7.06. The Morgan fingerprint density at radius 3 is 2.63 bits per heavy atom. The molecule has 0 aliphatic heterocycles. The fourth-order valence-corrected chi connectivity index (χ4v) is 3.40. The smallest absolute Gasteiger partial charge is 0.338 e. The fraction of sp³-hybridized carbons (Fsp3) is 0.524. The highest BCUT2D eigenvalue weighted by molar-refractivity contribution is 5.90. The lowest BCUT2D eigenvalue weighted by Crippen LogP contribution is -2.16. The van der Waals surface area contributed by atoms with Crippen LogP contribution in [0, 0.1) is 19.8 Å². The average Bonchev–Trinajstić information content (AvgIpc) is 3.02. The summed E-state index contributed by atoms with van der Waals surface area (Å²) in [5.74, 6) is 1.95. The van der Waals surface area contributed by atoms with Crippen LogP contribution in [0.1, 0.15) is 59.5 Å². The zero-order valence-electron chi connectivity index (χ0n) is 16.2. The molecule has 3 rings (SSSR count). The summed E-state index contributed by atoms with van der Waals surface area (Å²) in [5.41, 5.74) is 2.18. The minimum atomic E-state index is -0.323. The first kappa shape index (κ1) is 19.3. The number of carbonyl (C=O) groups excluding carboxylic acids is 1. The van der Waals surface area contributed by atoms with Crippen LogP contribution < -0.4 is 9.47 Å². The van der Waals surface area contributed by atoms with Crippen LogP contribution in [0.4, 0.5) is 0 Å². The molecule has 6 heteroatoms. The van der Waals surface area contributed by atoms with Crippen molar-refractivity contribution >= 4 is 5.97 Å². The predicted octanol–water partition coefficient (Wildman–Crippen LogP) is 4.62. The summed E-state index contributed by atoms with van der Waals surface area (Å²) in [6.45, 7) is 4.54. The molecule has 0 bridgehead atoms. The van der Waals surface area contributed by atoms with Crippen molar-refractivity contribution in [3.63, 3.8) is 0 Å². The van der Waals surface area contributed by atoms with Gasteiger partial charge in [-0.3, -0.25) is 0 Å². The van der Waals surface area contributed by atoms with E-state index in [1.54, 1.807) is 25.3 Å². The van der Waals surface area contributed by atoms with Crippen molar-refractivity contribution in [2.75, 3.05) is 13.7 Å². The molecule has 1 saturated carbocycles. The molecular formula is C21H27NO5. The molecular weight excluding hydrogens is 346 g/mol. The predicted molar refractivity (Wildman–Crippen MR) is 100 cm³/mol. The Balaban J connectivity index is 1.61. The Morgan fingerprint density at radius 1 is 1.19 bits per heavy atom. The maximum atomic E-state index is 12.4. The Hall–Kier alpha value is -2.50. The average molecular weight is 373 g/mol. The van der Waals surface area contributed by atoms with Crippen LogP contribution in [0.25, 0.3) is 0 Å². The monoisotopic (exact) mass is 373 g/mol. The van der Waals surface area contributed by atoms with E-state index in [-0.39, 0.29) is 5.97 Å². The lowest BCUT2D eigenvalue weighted by molar-refractivity contribution is 0.0410. The zero-order chi connectivity index (χ0) is 19.2. The van der Waals surface area contributed by atoms with Gasteiger partial charge in [0.05, 0.1) is 30.5 Å². The van der Waals surface area contributed by atoms with Gasteiger partial charge in [-0.2, -0.15) is 0 Å². The molecule has 0 atom stereocenters. The summed E-state index contributed by atoms with van der Waals surface area (Å²) in [6.07, 6.45) is 6.04. The molecule has 0 spiro atoms. The van der Waals surface area contributed by atoms with Crippen molar-refractivity contribution in [3.8, 4) is 11.5 Å². The van der Waals surface area contributed by atoms with Crippen LogP contribution in [-0.4, -0.2) is 24.8 Å². The van der Waals surface area contributed by atoms with Crippen molar-refractivity contribution in [1.29, 1.82) is 0 Å². The largest absolute Gasteiger partial charge is 0.493 e. The molecule has 146 valence electrons. The highest BCUT2D eigenvalue weighted by atomic mass is 16.5. The van der Waals surface area contributed by atoms with Crippen LogP contribution in [0.2, 0.25) is 0 Å². The molecule has 0 N–H and O–H groups in total. The molecule has 1 heterocycles. The molecule has 1 fully saturated rings. The molecule has 6 nitrogen and oxygen atoms in total. The maximum absolute atomic E-state index is 12.4. The first-order valence-corrected chi connectivity index (χ1v) is 9.48. The van der Waals surface area contributed by atoms with E-state index < -0.39 is 0 Å². The number of benzene rings is 1. The summed E-state index contributed by atoms with van der Waals surface area (Å²) in [7, 11) is 1.55. The Morgan fingerprint density at radius 2 is 1.96 bits per heavy atom. The van der Waals surface area contributed by atoms with Gasteiger partial charge in [-0.15, -0.1) is 0 Å². The molecule has 0 amide bonds. The Kier molecular flexibility index (Phi) is 6.37. The normalized spacial score (nSPS) is 14.8. The van der Waals surface area contributed by atoms with Crippen molar-refractivity contribution in [2.24, 2.45) is 5.92 Å². The van der Waals surface area contributed by atoms with E-state index in [2.05, 4.69) is 5.16 Å². The van der Waals surface area contributed by atoms with Gasteiger partial charge in [-0.1, -0.05) is 24.4 Å². The van der Waals surface area contributed by atoms with E-state index >= 15 is 0 Å². The van der Waals surface area contributed by atoms with Gasteiger partial charge in [-0.25, -0.2) is 4.79 Å². The van der Waals surface area contributed by atoms with E-state index in [1.807, 2.05) is 13.8 Å². The second kappa shape index (κ2) is 8.93. The summed E-state index contributed by atoms with van der Waals surface area (Å²) < 4.78 is 21.9. The number of methoxy groups -OCH3 is 1. The van der Waals surface area contributed by atoms with Gasteiger partial charge in [0, 0.05) is 0 Å². The summed E-state index contributed by atoms with van der Waals surface area (Å²) in [5, 5.41) is 3.92. The van der Waals surface area contributed by atoms with E-state index in [0.29, 0.717) is 36.2 Å². The zero-order valence-corrected chi connectivity index (χ0v) is 16.2. The number of aromatic nitrogens is 1. The van der Waals surface area contributed by atoms with Crippen LogP contribution in [0.5, 0.6) is 11.5 Å². The third-order valence-electron chi connectivity index (χ3n) is 5.13. The van der Waals surface area contributed by atoms with Crippen molar-refractivity contribution in [2.45, 2.75) is 52.6 Å². The molecule has 27 heavy (non-hydrogen) atoms. The minimum absolute atomic E-state index is 0.322. The van der Waals surface area contributed by atoms with Crippen LogP contribution in [-0.2, 0) is 11.3 Å². The van der Waals surface area contributed by atoms with E-state index in [4.69, 9.17) is 18.7 Å². The Labute approximate surface area is 159 Å². The van der Waals surface area contributed by atoms with Gasteiger partial charge in [0.15, 0.2) is 11.5 Å². The third kappa shape index (κ3) is 4.81. The highest BCUT2D eigenvalue weighted by Gasteiger charge is 2.18. The molecule has 0 saturated heterocycles. The van der Waals surface area contributed by atoms with E-state index in [1.165, 1.54) is 19.3 Å². The van der Waals surface area contributed by atoms with Gasteiger partial charge in [0.25, 0.3) is 0 Å². The molecule has 1 aliphatic rings. The third-order valence-corrected chi connectivity index (χ3v) is 5.13. The number of nitrogens with zero attached hydrogens (tertiary/aromatic N) is 1. The van der Waals surface area contributed by atoms with E-state index in [9.17, 15) is 4.79 Å². The SMILES string of the molecule is COc1cc(C(=O)OCC2CCCCC2)ccc1OCc1c(C)noc1C. The Bertz CT molecular complexity index is 757. The lowest BCUT2D eigenvalue weighted by atomic mass is 9.90. The van der Waals surface area contributed by atoms with Crippen molar-refractivity contribution in [3.05, 3.63) is 40.8 Å². The van der Waals surface area contributed by atoms with Gasteiger partial charge in [0.1, 0.15) is 12.4 Å². The number of hydrogen-bond acceptors (Lipinski definition) is 6. The van der Waals surface area contributed by atoms with Crippen molar-refractivity contribution in [1.82, 2.24) is 5.16 Å². The highest BCUT2D eigenvalue weighted by Crippen LogP contribution is 2.30. The van der Waals surface area contributed by atoms with Crippen LogP contribution in [0.3, 0.4) is 0 Å². The first-order chi connectivity index (χ1) is 13.1. The lowest BCUT2D eigenvalue weighted by Gasteiger charge is -2.21. The van der Waals surface area contributed by atoms with Crippen molar-refractivity contribution < 1.29 is 23.5 Å². The fourth-order valence-electron chi connectivity index (χ4n) is 3.40. The number of ether oxygens (including phenoxy) is 3. The summed E-state index contributed by atoms with van der Waals surface area (Å²) >= 11 is 0. The molecule has 2 aromatic rings. The second-order valence-corrected chi connectivity index (χ2v) is 7.06.